The van der Waals surface area contributed by atoms with Gasteiger partial charge < -0.3 is 20.0 Å². The van der Waals surface area contributed by atoms with Crippen molar-refractivity contribution >= 4 is 12.0 Å². The summed E-state index contributed by atoms with van der Waals surface area (Å²) in [6.45, 7) is 1.10. The van der Waals surface area contributed by atoms with Crippen LogP contribution in [0.25, 0.3) is 0 Å². The Hall–Kier alpha value is -1.30. The van der Waals surface area contributed by atoms with Gasteiger partial charge in [0.1, 0.15) is 6.04 Å². The number of likely N-dealkylation sites (tertiary alicyclic amines) is 1. The van der Waals surface area contributed by atoms with E-state index in [1.165, 1.54) is 4.90 Å². The fourth-order valence-corrected chi connectivity index (χ4v) is 2.96. The first-order chi connectivity index (χ1) is 9.65. The smallest absolute Gasteiger partial charge is 0.326 e. The molecule has 0 spiro atoms. The Labute approximate surface area is 119 Å². The minimum atomic E-state index is -0.909. The molecule has 0 aromatic heterocycles. The van der Waals surface area contributed by atoms with Crippen LogP contribution in [0, 0.1) is 0 Å². The zero-order valence-electron chi connectivity index (χ0n) is 11.8. The van der Waals surface area contributed by atoms with Gasteiger partial charge in [-0.1, -0.05) is 0 Å². The molecule has 1 aliphatic heterocycles. The molecular weight excluding hydrogens is 260 g/mol. The summed E-state index contributed by atoms with van der Waals surface area (Å²) in [6.07, 6.45) is 5.92. The lowest BCUT2D eigenvalue weighted by Gasteiger charge is -2.43. The van der Waals surface area contributed by atoms with Crippen LogP contribution in [0.1, 0.15) is 44.9 Å². The first kappa shape index (κ1) is 15.1. The number of hydrogen-bond acceptors (Lipinski definition) is 3. The number of amides is 2. The van der Waals surface area contributed by atoms with Crippen LogP contribution in [0.5, 0.6) is 0 Å². The number of carbonyl (C=O) groups is 2. The van der Waals surface area contributed by atoms with Crippen molar-refractivity contribution in [2.75, 3.05) is 19.7 Å². The fourth-order valence-electron chi connectivity index (χ4n) is 2.96. The van der Waals surface area contributed by atoms with Gasteiger partial charge in [0.25, 0.3) is 0 Å². The highest BCUT2D eigenvalue weighted by Crippen LogP contribution is 2.28. The minimum absolute atomic E-state index is 0.0544. The summed E-state index contributed by atoms with van der Waals surface area (Å²) >= 11 is 0. The van der Waals surface area contributed by atoms with Crippen molar-refractivity contribution in [3.8, 4) is 0 Å². The molecule has 1 heterocycles. The molecule has 0 aromatic rings. The van der Waals surface area contributed by atoms with Crippen LogP contribution in [-0.2, 0) is 4.79 Å². The number of rotatable bonds is 5. The quantitative estimate of drug-likeness (QED) is 0.797. The van der Waals surface area contributed by atoms with Crippen LogP contribution in [-0.4, -0.2) is 63.8 Å². The molecule has 2 amide bonds. The molecule has 0 aromatic carbocycles. The van der Waals surface area contributed by atoms with Crippen molar-refractivity contribution in [2.24, 2.45) is 0 Å². The van der Waals surface area contributed by atoms with E-state index in [2.05, 4.69) is 0 Å². The summed E-state index contributed by atoms with van der Waals surface area (Å²) in [5.74, 6) is -0.909. The first-order valence-corrected chi connectivity index (χ1v) is 7.56. The van der Waals surface area contributed by atoms with Crippen LogP contribution in [0.15, 0.2) is 0 Å². The van der Waals surface area contributed by atoms with E-state index in [0.29, 0.717) is 25.9 Å². The number of carboxylic acid groups (broad SMARTS) is 1. The van der Waals surface area contributed by atoms with Gasteiger partial charge in [0.15, 0.2) is 0 Å². The average molecular weight is 284 g/mol. The van der Waals surface area contributed by atoms with Crippen molar-refractivity contribution in [3.63, 3.8) is 0 Å². The molecule has 2 N–H and O–H groups in total. The SMILES string of the molecule is O=C(O)C1CCCCN1C(=O)N(CCCO)C1CCC1. The van der Waals surface area contributed by atoms with Crippen LogP contribution >= 0.6 is 0 Å². The van der Waals surface area contributed by atoms with Crippen LogP contribution in [0.3, 0.4) is 0 Å². The van der Waals surface area contributed by atoms with Crippen molar-refractivity contribution < 1.29 is 19.8 Å². The lowest BCUT2D eigenvalue weighted by molar-refractivity contribution is -0.143. The molecule has 2 rings (SSSR count). The molecule has 1 atom stereocenters. The Morgan fingerprint density at radius 3 is 2.45 bits per heavy atom. The summed E-state index contributed by atoms with van der Waals surface area (Å²) in [6, 6.07) is -0.617. The maximum Gasteiger partial charge on any atom is 0.326 e. The van der Waals surface area contributed by atoms with Crippen molar-refractivity contribution in [1.82, 2.24) is 9.80 Å². The van der Waals surface area contributed by atoms with Crippen molar-refractivity contribution in [2.45, 2.75) is 57.0 Å². The topological polar surface area (TPSA) is 81.1 Å². The number of aliphatic carboxylic acids is 1. The molecule has 1 unspecified atom stereocenters. The predicted octanol–water partition coefficient (Wildman–Crippen LogP) is 1.28. The van der Waals surface area contributed by atoms with Gasteiger partial charge in [0.2, 0.25) is 0 Å². The van der Waals surface area contributed by atoms with Gasteiger partial charge in [-0.2, -0.15) is 0 Å². The van der Waals surface area contributed by atoms with E-state index >= 15 is 0 Å². The maximum atomic E-state index is 12.7. The summed E-state index contributed by atoms with van der Waals surface area (Å²) in [5, 5.41) is 18.2. The monoisotopic (exact) mass is 284 g/mol. The lowest BCUT2D eigenvalue weighted by atomic mass is 9.91. The van der Waals surface area contributed by atoms with E-state index in [1.54, 1.807) is 4.90 Å². The molecule has 1 saturated carbocycles. The van der Waals surface area contributed by atoms with Crippen LogP contribution < -0.4 is 0 Å². The van der Waals surface area contributed by atoms with Gasteiger partial charge in [-0.3, -0.25) is 0 Å². The number of aliphatic hydroxyl groups excluding tert-OH is 1. The number of carboxylic acids is 1. The summed E-state index contributed by atoms with van der Waals surface area (Å²) in [4.78, 5) is 27.3. The average Bonchev–Trinajstić information content (AvgIpc) is 2.40. The number of piperidine rings is 1. The summed E-state index contributed by atoms with van der Waals surface area (Å²) in [5.41, 5.74) is 0. The number of nitrogens with zero attached hydrogens (tertiary/aromatic N) is 2. The van der Waals surface area contributed by atoms with E-state index in [4.69, 9.17) is 5.11 Å². The van der Waals surface area contributed by atoms with Crippen molar-refractivity contribution in [3.05, 3.63) is 0 Å². The number of urea groups is 1. The molecule has 2 fully saturated rings. The third-order valence-electron chi connectivity index (χ3n) is 4.35. The molecule has 2 aliphatic rings. The highest BCUT2D eigenvalue weighted by atomic mass is 16.4. The van der Waals surface area contributed by atoms with Crippen molar-refractivity contribution in [1.29, 1.82) is 0 Å². The van der Waals surface area contributed by atoms with Gasteiger partial charge >= 0.3 is 12.0 Å². The Balaban J connectivity index is 2.05. The number of hydrogen-bond donors (Lipinski definition) is 2. The Morgan fingerprint density at radius 2 is 1.90 bits per heavy atom. The molecule has 1 saturated heterocycles. The van der Waals surface area contributed by atoms with Gasteiger partial charge in [-0.15, -0.1) is 0 Å². The van der Waals surface area contributed by atoms with E-state index in [-0.39, 0.29) is 18.7 Å². The molecule has 0 bridgehead atoms. The molecule has 114 valence electrons. The largest absolute Gasteiger partial charge is 0.480 e. The third kappa shape index (κ3) is 3.23. The molecule has 6 nitrogen and oxygen atoms in total. The second kappa shape index (κ2) is 6.92. The second-order valence-electron chi connectivity index (χ2n) is 5.68. The van der Waals surface area contributed by atoms with Gasteiger partial charge in [0.05, 0.1) is 0 Å². The van der Waals surface area contributed by atoms with E-state index < -0.39 is 12.0 Å². The van der Waals surface area contributed by atoms with E-state index in [9.17, 15) is 14.7 Å². The lowest BCUT2D eigenvalue weighted by Crippen LogP contribution is -2.56. The molecule has 6 heteroatoms. The first-order valence-electron chi connectivity index (χ1n) is 7.56. The molecule has 1 aliphatic carbocycles. The van der Waals surface area contributed by atoms with E-state index in [1.807, 2.05) is 0 Å². The van der Waals surface area contributed by atoms with Crippen LogP contribution in [0.4, 0.5) is 4.79 Å². The normalized spacial score (nSPS) is 23.2. The summed E-state index contributed by atoms with van der Waals surface area (Å²) < 4.78 is 0. The Kier molecular flexibility index (Phi) is 5.23. The third-order valence-corrected chi connectivity index (χ3v) is 4.35. The van der Waals surface area contributed by atoms with Gasteiger partial charge in [0, 0.05) is 25.7 Å². The summed E-state index contributed by atoms with van der Waals surface area (Å²) in [7, 11) is 0. The zero-order chi connectivity index (χ0) is 14.5. The Bertz CT molecular complexity index is 357. The van der Waals surface area contributed by atoms with Gasteiger partial charge in [-0.25, -0.2) is 9.59 Å². The predicted molar refractivity (Wildman–Crippen MR) is 73.4 cm³/mol. The molecular formula is C14H24N2O4. The van der Waals surface area contributed by atoms with Gasteiger partial charge in [-0.05, 0) is 44.9 Å². The van der Waals surface area contributed by atoms with E-state index in [0.717, 1.165) is 32.1 Å². The van der Waals surface area contributed by atoms with Crippen LogP contribution in [0.2, 0.25) is 0 Å². The maximum absolute atomic E-state index is 12.7. The second-order valence-corrected chi connectivity index (χ2v) is 5.68. The fraction of sp³-hybridized carbons (Fsp3) is 0.857. The Morgan fingerprint density at radius 1 is 1.15 bits per heavy atom. The molecule has 0 radical (unpaired) electrons. The highest BCUT2D eigenvalue weighted by Gasteiger charge is 2.37. The highest BCUT2D eigenvalue weighted by molar-refractivity contribution is 5.83. The zero-order valence-corrected chi connectivity index (χ0v) is 11.8. The minimum Gasteiger partial charge on any atom is -0.480 e. The number of carbonyl (C=O) groups excluding carboxylic acids is 1. The standard InChI is InChI=1S/C14H24N2O4/c17-10-4-9-15(11-5-3-6-11)14(20)16-8-2-1-7-12(16)13(18)19/h11-12,17H,1-10H2,(H,18,19). The number of aliphatic hydroxyl groups is 1. The molecule has 20 heavy (non-hydrogen) atoms.